The van der Waals surface area contributed by atoms with E-state index in [-0.39, 0.29) is 0 Å². The van der Waals surface area contributed by atoms with Crippen LogP contribution >= 0.6 is 0 Å². The summed E-state index contributed by atoms with van der Waals surface area (Å²) in [6.07, 6.45) is 3.83. The molecule has 0 aromatic heterocycles. The van der Waals surface area contributed by atoms with E-state index in [0.29, 0.717) is 5.41 Å². The Balaban J connectivity index is 2.26. The number of piperidine rings is 1. The van der Waals surface area contributed by atoms with Gasteiger partial charge in [-0.15, -0.1) is 0 Å². The maximum absolute atomic E-state index is 5.71. The van der Waals surface area contributed by atoms with Crippen LogP contribution < -0.4 is 11.1 Å². The van der Waals surface area contributed by atoms with E-state index in [4.69, 9.17) is 5.73 Å². The van der Waals surface area contributed by atoms with Gasteiger partial charge in [0.15, 0.2) is 0 Å². The highest BCUT2D eigenvalue weighted by molar-refractivity contribution is 4.79. The van der Waals surface area contributed by atoms with Crippen LogP contribution in [0, 0.1) is 11.3 Å². The molecule has 0 unspecified atom stereocenters. The Morgan fingerprint density at radius 2 is 1.94 bits per heavy atom. The number of nitrogens with two attached hydrogens (primary N) is 1. The van der Waals surface area contributed by atoms with Crippen molar-refractivity contribution in [2.75, 3.05) is 39.8 Å². The molecule has 1 rings (SSSR count). The van der Waals surface area contributed by atoms with E-state index in [0.717, 1.165) is 19.0 Å². The number of hydrogen-bond acceptors (Lipinski definition) is 3. The molecular formula is C13H29N3. The summed E-state index contributed by atoms with van der Waals surface area (Å²) in [6.45, 7) is 10.4. The third-order valence-corrected chi connectivity index (χ3v) is 3.74. The Kier molecular flexibility index (Phi) is 5.73. The van der Waals surface area contributed by atoms with E-state index < -0.39 is 0 Å². The minimum Gasteiger partial charge on any atom is -0.330 e. The largest absolute Gasteiger partial charge is 0.330 e. The summed E-state index contributed by atoms with van der Waals surface area (Å²) < 4.78 is 0. The summed E-state index contributed by atoms with van der Waals surface area (Å²) >= 11 is 0. The molecule has 0 aromatic carbocycles. The van der Waals surface area contributed by atoms with Crippen LogP contribution in [-0.4, -0.2) is 44.7 Å². The first-order valence-corrected chi connectivity index (χ1v) is 6.64. The molecule has 96 valence electrons. The quantitative estimate of drug-likeness (QED) is 0.718. The number of nitrogens with one attached hydrogen (secondary N) is 1. The van der Waals surface area contributed by atoms with Crippen LogP contribution in [0.5, 0.6) is 0 Å². The number of rotatable bonds is 6. The van der Waals surface area contributed by atoms with Crippen molar-refractivity contribution in [2.45, 2.75) is 33.1 Å². The molecule has 3 heteroatoms. The zero-order valence-corrected chi connectivity index (χ0v) is 11.3. The maximum atomic E-state index is 5.71. The summed E-state index contributed by atoms with van der Waals surface area (Å²) in [7, 11) is 2.03. The van der Waals surface area contributed by atoms with Crippen LogP contribution in [0.2, 0.25) is 0 Å². The van der Waals surface area contributed by atoms with Gasteiger partial charge in [-0.25, -0.2) is 0 Å². The predicted molar refractivity (Wildman–Crippen MR) is 70.5 cm³/mol. The van der Waals surface area contributed by atoms with Crippen molar-refractivity contribution in [1.29, 1.82) is 0 Å². The Hall–Kier alpha value is -0.120. The fourth-order valence-corrected chi connectivity index (χ4v) is 2.53. The molecule has 0 amide bonds. The molecule has 1 heterocycles. The molecular weight excluding hydrogens is 198 g/mol. The summed E-state index contributed by atoms with van der Waals surface area (Å²) in [4.78, 5) is 2.61. The van der Waals surface area contributed by atoms with Gasteiger partial charge in [0, 0.05) is 6.54 Å². The molecule has 16 heavy (non-hydrogen) atoms. The molecule has 1 aliphatic heterocycles. The highest BCUT2D eigenvalue weighted by Gasteiger charge is 2.24. The van der Waals surface area contributed by atoms with E-state index >= 15 is 0 Å². The van der Waals surface area contributed by atoms with Crippen molar-refractivity contribution >= 4 is 0 Å². The first-order chi connectivity index (χ1) is 7.57. The van der Waals surface area contributed by atoms with E-state index in [1.165, 1.54) is 38.9 Å². The lowest BCUT2D eigenvalue weighted by Crippen LogP contribution is -2.41. The lowest BCUT2D eigenvalue weighted by Gasteiger charge is -2.37. The minimum atomic E-state index is 0.429. The summed E-state index contributed by atoms with van der Waals surface area (Å²) in [6, 6.07) is 0. The monoisotopic (exact) mass is 227 g/mol. The summed E-state index contributed by atoms with van der Waals surface area (Å²) in [5.74, 6) is 0.775. The Bertz CT molecular complexity index is 184. The fraction of sp³-hybridized carbons (Fsp3) is 1.00. The zero-order chi connectivity index (χ0) is 12.0. The molecule has 0 atom stereocenters. The fourth-order valence-electron chi connectivity index (χ4n) is 2.53. The van der Waals surface area contributed by atoms with Gasteiger partial charge in [0.2, 0.25) is 0 Å². The van der Waals surface area contributed by atoms with Crippen molar-refractivity contribution in [3.8, 4) is 0 Å². The van der Waals surface area contributed by atoms with Gasteiger partial charge in [0.05, 0.1) is 0 Å². The molecule has 1 saturated heterocycles. The van der Waals surface area contributed by atoms with E-state index in [1.54, 1.807) is 0 Å². The van der Waals surface area contributed by atoms with Gasteiger partial charge in [0.25, 0.3) is 0 Å². The molecule has 0 spiro atoms. The van der Waals surface area contributed by atoms with Crippen molar-refractivity contribution in [1.82, 2.24) is 10.2 Å². The average Bonchev–Trinajstić information content (AvgIpc) is 2.27. The lowest BCUT2D eigenvalue weighted by atomic mass is 9.87. The molecule has 3 nitrogen and oxygen atoms in total. The highest BCUT2D eigenvalue weighted by Crippen LogP contribution is 2.24. The Morgan fingerprint density at radius 1 is 1.31 bits per heavy atom. The molecule has 3 N–H and O–H groups in total. The van der Waals surface area contributed by atoms with Crippen molar-refractivity contribution in [2.24, 2.45) is 17.1 Å². The Morgan fingerprint density at radius 3 is 2.44 bits per heavy atom. The summed E-state index contributed by atoms with van der Waals surface area (Å²) in [5, 5.41) is 3.24. The standard InChI is InChI=1S/C13H29N3/c1-13(2,6-7-15-3)11-16-8-4-12(10-14)5-9-16/h12,15H,4-11,14H2,1-3H3. The van der Waals surface area contributed by atoms with Crippen LogP contribution in [0.25, 0.3) is 0 Å². The van der Waals surface area contributed by atoms with Gasteiger partial charge < -0.3 is 16.0 Å². The molecule has 0 aliphatic carbocycles. The average molecular weight is 227 g/mol. The third kappa shape index (κ3) is 4.81. The van der Waals surface area contributed by atoms with Crippen LogP contribution in [0.4, 0.5) is 0 Å². The summed E-state index contributed by atoms with van der Waals surface area (Å²) in [5.41, 5.74) is 6.14. The first-order valence-electron chi connectivity index (χ1n) is 6.64. The van der Waals surface area contributed by atoms with Gasteiger partial charge in [-0.1, -0.05) is 13.8 Å². The van der Waals surface area contributed by atoms with Crippen molar-refractivity contribution < 1.29 is 0 Å². The Labute approximate surface area is 101 Å². The topological polar surface area (TPSA) is 41.3 Å². The van der Waals surface area contributed by atoms with Gasteiger partial charge in [-0.3, -0.25) is 0 Å². The van der Waals surface area contributed by atoms with E-state index in [1.807, 2.05) is 7.05 Å². The number of nitrogens with zero attached hydrogens (tertiary/aromatic N) is 1. The van der Waals surface area contributed by atoms with Crippen LogP contribution in [0.1, 0.15) is 33.1 Å². The second kappa shape index (κ2) is 6.58. The van der Waals surface area contributed by atoms with Gasteiger partial charge in [-0.2, -0.15) is 0 Å². The smallest absolute Gasteiger partial charge is 0.00332 e. The molecule has 0 saturated carbocycles. The maximum Gasteiger partial charge on any atom is 0.00332 e. The van der Waals surface area contributed by atoms with Gasteiger partial charge in [-0.05, 0) is 63.8 Å². The van der Waals surface area contributed by atoms with Crippen LogP contribution in [0.15, 0.2) is 0 Å². The second-order valence-corrected chi connectivity index (χ2v) is 5.97. The predicted octanol–water partition coefficient (Wildman–Crippen LogP) is 1.29. The molecule has 0 bridgehead atoms. The second-order valence-electron chi connectivity index (χ2n) is 5.97. The number of likely N-dealkylation sites (tertiary alicyclic amines) is 1. The van der Waals surface area contributed by atoms with Crippen LogP contribution in [0.3, 0.4) is 0 Å². The molecule has 0 radical (unpaired) electrons. The SMILES string of the molecule is CNCCC(C)(C)CN1CCC(CN)CC1. The van der Waals surface area contributed by atoms with Crippen molar-refractivity contribution in [3.05, 3.63) is 0 Å². The lowest BCUT2D eigenvalue weighted by molar-refractivity contribution is 0.125. The first kappa shape index (κ1) is 13.9. The molecule has 1 aliphatic rings. The van der Waals surface area contributed by atoms with E-state index in [9.17, 15) is 0 Å². The highest BCUT2D eigenvalue weighted by atomic mass is 15.1. The number of hydrogen-bond donors (Lipinski definition) is 2. The molecule has 0 aromatic rings. The van der Waals surface area contributed by atoms with E-state index in [2.05, 4.69) is 24.1 Å². The molecule has 1 fully saturated rings. The van der Waals surface area contributed by atoms with Crippen molar-refractivity contribution in [3.63, 3.8) is 0 Å². The normalized spacial score (nSPS) is 20.2. The zero-order valence-electron chi connectivity index (χ0n) is 11.3. The van der Waals surface area contributed by atoms with Gasteiger partial charge >= 0.3 is 0 Å². The van der Waals surface area contributed by atoms with Crippen LogP contribution in [-0.2, 0) is 0 Å². The van der Waals surface area contributed by atoms with Gasteiger partial charge in [0.1, 0.15) is 0 Å². The minimum absolute atomic E-state index is 0.429. The third-order valence-electron chi connectivity index (χ3n) is 3.74.